The second-order valence-electron chi connectivity index (χ2n) is 4.32. The molecule has 0 saturated heterocycles. The highest BCUT2D eigenvalue weighted by Crippen LogP contribution is 2.13. The molecule has 0 aromatic heterocycles. The Hall–Kier alpha value is -1.05. The number of hydrogen-bond donors (Lipinski definition) is 2. The number of carbonyl (C=O) groups is 1. The van der Waals surface area contributed by atoms with Crippen LogP contribution in [0.3, 0.4) is 0 Å². The molecule has 0 spiro atoms. The number of nitrogens with zero attached hydrogens (tertiary/aromatic N) is 1. The van der Waals surface area contributed by atoms with Crippen LogP contribution in [-0.4, -0.2) is 50.1 Å². The summed E-state index contributed by atoms with van der Waals surface area (Å²) in [4.78, 5) is 13.8. The summed E-state index contributed by atoms with van der Waals surface area (Å²) in [5, 5.41) is 6.00. The van der Waals surface area contributed by atoms with Gasteiger partial charge in [0.05, 0.1) is 6.54 Å². The lowest BCUT2D eigenvalue weighted by Crippen LogP contribution is -2.50. The van der Waals surface area contributed by atoms with Crippen molar-refractivity contribution < 1.29 is 4.79 Å². The van der Waals surface area contributed by atoms with Crippen molar-refractivity contribution in [1.82, 2.24) is 15.5 Å². The molecular formula is C13H25N3O. The molecule has 0 aromatic carbocycles. The zero-order chi connectivity index (χ0) is 13.3. The second-order valence-corrected chi connectivity index (χ2v) is 4.32. The molecule has 4 nitrogen and oxygen atoms in total. The normalized spacial score (nSPS) is 11.3. The maximum Gasteiger partial charge on any atom is 0.235 e. The van der Waals surface area contributed by atoms with Crippen LogP contribution in [0, 0.1) is 12.3 Å². The average molecular weight is 239 g/mol. The van der Waals surface area contributed by atoms with Crippen LogP contribution in [0.15, 0.2) is 0 Å². The largest absolute Gasteiger partial charge is 0.339 e. The smallest absolute Gasteiger partial charge is 0.235 e. The lowest BCUT2D eigenvalue weighted by atomic mass is 9.94. The van der Waals surface area contributed by atoms with E-state index >= 15 is 0 Å². The third kappa shape index (κ3) is 5.71. The first-order chi connectivity index (χ1) is 8.03. The van der Waals surface area contributed by atoms with Gasteiger partial charge in [0.25, 0.3) is 0 Å². The standard InChI is InChI=1S/C13H25N3O/c1-6-13(7-2,8-3)15-12(17)11-16(5)10-9-14-4/h1,14H,7-11H2,2-5H3,(H,15,17). The summed E-state index contributed by atoms with van der Waals surface area (Å²) in [6.45, 7) is 6.07. The molecule has 0 aliphatic carbocycles. The molecule has 4 heteroatoms. The summed E-state index contributed by atoms with van der Waals surface area (Å²) < 4.78 is 0. The van der Waals surface area contributed by atoms with Gasteiger partial charge in [0.1, 0.15) is 5.54 Å². The first kappa shape index (κ1) is 16.0. The van der Waals surface area contributed by atoms with Gasteiger partial charge in [-0.25, -0.2) is 0 Å². The number of hydrogen-bond acceptors (Lipinski definition) is 3. The average Bonchev–Trinajstić information content (AvgIpc) is 2.33. The van der Waals surface area contributed by atoms with Crippen molar-refractivity contribution in [3.63, 3.8) is 0 Å². The maximum atomic E-state index is 11.8. The molecule has 0 fully saturated rings. The number of likely N-dealkylation sites (N-methyl/N-ethyl adjacent to an activating group) is 2. The predicted octanol–water partition coefficient (Wildman–Crippen LogP) is 0.446. The molecule has 17 heavy (non-hydrogen) atoms. The molecule has 1 amide bonds. The Morgan fingerprint density at radius 3 is 2.41 bits per heavy atom. The van der Waals surface area contributed by atoms with Crippen molar-refractivity contribution in [2.24, 2.45) is 0 Å². The van der Waals surface area contributed by atoms with Gasteiger partial charge in [-0.15, -0.1) is 6.42 Å². The molecule has 0 aliphatic heterocycles. The molecule has 0 radical (unpaired) electrons. The minimum atomic E-state index is -0.485. The second kappa shape index (κ2) is 8.10. The number of nitrogens with one attached hydrogen (secondary N) is 2. The molecule has 0 unspecified atom stereocenters. The first-order valence-electron chi connectivity index (χ1n) is 6.15. The van der Waals surface area contributed by atoms with Crippen LogP contribution in [0.4, 0.5) is 0 Å². The van der Waals surface area contributed by atoms with Crippen LogP contribution in [0.25, 0.3) is 0 Å². The van der Waals surface area contributed by atoms with Crippen molar-refractivity contribution in [3.05, 3.63) is 0 Å². The Balaban J connectivity index is 4.21. The SMILES string of the molecule is C#CC(CC)(CC)NC(=O)CN(C)CCNC. The zero-order valence-electron chi connectivity index (χ0n) is 11.5. The van der Waals surface area contributed by atoms with E-state index in [1.807, 2.05) is 32.8 Å². The van der Waals surface area contributed by atoms with E-state index in [1.54, 1.807) is 0 Å². The summed E-state index contributed by atoms with van der Waals surface area (Å²) >= 11 is 0. The molecule has 0 aromatic rings. The van der Waals surface area contributed by atoms with E-state index in [4.69, 9.17) is 6.42 Å². The zero-order valence-corrected chi connectivity index (χ0v) is 11.5. The van der Waals surface area contributed by atoms with Gasteiger partial charge in [-0.1, -0.05) is 19.8 Å². The number of amides is 1. The molecular weight excluding hydrogens is 214 g/mol. The van der Waals surface area contributed by atoms with Crippen LogP contribution >= 0.6 is 0 Å². The van der Waals surface area contributed by atoms with Crippen molar-refractivity contribution in [2.75, 3.05) is 33.7 Å². The first-order valence-corrected chi connectivity index (χ1v) is 6.15. The van der Waals surface area contributed by atoms with Gasteiger partial charge in [-0.05, 0) is 26.9 Å². The summed E-state index contributed by atoms with van der Waals surface area (Å²) in [5.41, 5.74) is -0.485. The number of carbonyl (C=O) groups excluding carboxylic acids is 1. The summed E-state index contributed by atoms with van der Waals surface area (Å²) in [6, 6.07) is 0. The molecule has 98 valence electrons. The Kier molecular flexibility index (Phi) is 7.60. The van der Waals surface area contributed by atoms with E-state index in [-0.39, 0.29) is 5.91 Å². The van der Waals surface area contributed by atoms with E-state index in [0.717, 1.165) is 25.9 Å². The van der Waals surface area contributed by atoms with E-state index in [1.165, 1.54) is 0 Å². The fraction of sp³-hybridized carbons (Fsp3) is 0.769. The van der Waals surface area contributed by atoms with Crippen molar-refractivity contribution >= 4 is 5.91 Å². The number of rotatable bonds is 8. The minimum Gasteiger partial charge on any atom is -0.339 e. The summed E-state index contributed by atoms with van der Waals surface area (Å²) in [7, 11) is 3.82. The van der Waals surface area contributed by atoms with Crippen LogP contribution in [0.5, 0.6) is 0 Å². The summed E-state index contributed by atoms with van der Waals surface area (Å²) in [5.74, 6) is 2.69. The van der Waals surface area contributed by atoms with Crippen LogP contribution in [0.2, 0.25) is 0 Å². The van der Waals surface area contributed by atoms with E-state index in [0.29, 0.717) is 6.54 Å². The highest BCUT2D eigenvalue weighted by Gasteiger charge is 2.25. The van der Waals surface area contributed by atoms with Gasteiger partial charge in [-0.3, -0.25) is 9.69 Å². The molecule has 0 rings (SSSR count). The molecule has 0 aliphatic rings. The topological polar surface area (TPSA) is 44.4 Å². The van der Waals surface area contributed by atoms with Crippen molar-refractivity contribution in [3.8, 4) is 12.3 Å². The fourth-order valence-corrected chi connectivity index (χ4v) is 1.60. The van der Waals surface area contributed by atoms with Gasteiger partial charge in [0.2, 0.25) is 5.91 Å². The van der Waals surface area contributed by atoms with Gasteiger partial charge in [0, 0.05) is 13.1 Å². The van der Waals surface area contributed by atoms with Gasteiger partial charge in [-0.2, -0.15) is 0 Å². The highest BCUT2D eigenvalue weighted by atomic mass is 16.2. The van der Waals surface area contributed by atoms with Crippen molar-refractivity contribution in [1.29, 1.82) is 0 Å². The predicted molar refractivity (Wildman–Crippen MR) is 71.7 cm³/mol. The fourth-order valence-electron chi connectivity index (χ4n) is 1.60. The molecule has 0 atom stereocenters. The molecule has 0 saturated carbocycles. The Morgan fingerprint density at radius 2 is 2.00 bits per heavy atom. The van der Waals surface area contributed by atoms with E-state index in [9.17, 15) is 4.79 Å². The van der Waals surface area contributed by atoms with Gasteiger partial charge < -0.3 is 10.6 Å². The summed E-state index contributed by atoms with van der Waals surface area (Å²) in [6.07, 6.45) is 7.01. The lowest BCUT2D eigenvalue weighted by molar-refractivity contribution is -0.123. The van der Waals surface area contributed by atoms with Crippen LogP contribution < -0.4 is 10.6 Å². The highest BCUT2D eigenvalue weighted by molar-refractivity contribution is 5.79. The minimum absolute atomic E-state index is 0.00902. The van der Waals surface area contributed by atoms with Crippen molar-refractivity contribution in [2.45, 2.75) is 32.2 Å². The Labute approximate surface area is 105 Å². The Morgan fingerprint density at radius 1 is 1.41 bits per heavy atom. The van der Waals surface area contributed by atoms with Gasteiger partial charge in [0.15, 0.2) is 0 Å². The third-order valence-electron chi connectivity index (χ3n) is 3.02. The number of terminal acetylenes is 1. The monoisotopic (exact) mass is 239 g/mol. The molecule has 2 N–H and O–H groups in total. The van der Waals surface area contributed by atoms with Crippen LogP contribution in [0.1, 0.15) is 26.7 Å². The third-order valence-corrected chi connectivity index (χ3v) is 3.02. The van der Waals surface area contributed by atoms with Gasteiger partial charge >= 0.3 is 0 Å². The maximum absolute atomic E-state index is 11.8. The molecule has 0 heterocycles. The lowest BCUT2D eigenvalue weighted by Gasteiger charge is -2.28. The van der Waals surface area contributed by atoms with Crippen LogP contribution in [-0.2, 0) is 4.79 Å². The van der Waals surface area contributed by atoms with E-state index in [2.05, 4.69) is 16.6 Å². The quantitative estimate of drug-likeness (QED) is 0.604. The van der Waals surface area contributed by atoms with E-state index < -0.39 is 5.54 Å². The Bertz CT molecular complexity index is 266. The molecule has 0 bridgehead atoms.